The van der Waals surface area contributed by atoms with Gasteiger partial charge in [-0.25, -0.2) is 0 Å². The van der Waals surface area contributed by atoms with Crippen molar-refractivity contribution in [2.24, 2.45) is 0 Å². The first-order valence-electron chi connectivity index (χ1n) is 23.4. The van der Waals surface area contributed by atoms with Gasteiger partial charge in [0.05, 0.1) is 0 Å². The smallest absolute Gasteiger partial charge is 0.0159 e. The van der Waals surface area contributed by atoms with Gasteiger partial charge in [-0.2, -0.15) is 0 Å². The Labute approximate surface area is 387 Å². The van der Waals surface area contributed by atoms with Gasteiger partial charge in [-0.3, -0.25) is 0 Å². The molecule has 66 heavy (non-hydrogen) atoms. The van der Waals surface area contributed by atoms with Crippen molar-refractivity contribution in [2.75, 3.05) is 0 Å². The second-order valence-corrected chi connectivity index (χ2v) is 19.8. The van der Waals surface area contributed by atoms with Gasteiger partial charge in [-0.15, -0.1) is 0 Å². The standard InChI is InChI=1S/C66H48/c1-65(2)61-37-53(44-15-13-43(14-16-44)47-19-17-41-9-5-7-11-45(41)33-47)25-29-57(61)59-31-27-55(39-63(59)65)56-28-32-60-58-30-26-54(38-62(58)66(3,4)64(60)40-56)52-24-23-50-35-49(21-22-51(50)36-52)48-20-18-42-10-6-8-12-46(42)34-48/h5-40H,1-4H3. The summed E-state index contributed by atoms with van der Waals surface area (Å²) in [6.45, 7) is 9.59. The van der Waals surface area contributed by atoms with E-state index in [1.54, 1.807) is 0 Å². The average molecular weight is 841 g/mol. The van der Waals surface area contributed by atoms with E-state index in [-0.39, 0.29) is 10.8 Å². The molecular weight excluding hydrogens is 793 g/mol. The van der Waals surface area contributed by atoms with E-state index in [0.29, 0.717) is 0 Å². The third-order valence-electron chi connectivity index (χ3n) is 15.2. The number of hydrogen-bond donors (Lipinski definition) is 0. The van der Waals surface area contributed by atoms with Crippen LogP contribution in [0.1, 0.15) is 49.9 Å². The van der Waals surface area contributed by atoms with Crippen molar-refractivity contribution in [1.82, 2.24) is 0 Å². The molecule has 0 unspecified atom stereocenters. The SMILES string of the molecule is CC1(C)c2cc(-c3ccc(-c4ccc5ccccc5c4)cc3)ccc2-c2ccc(-c3ccc4c(c3)C(C)(C)c3cc(-c5ccc6cc(-c7ccc8ccccc8c7)ccc6c5)ccc3-4)cc21. The van der Waals surface area contributed by atoms with Gasteiger partial charge in [0.25, 0.3) is 0 Å². The molecule has 0 heterocycles. The molecule has 0 aromatic heterocycles. The molecule has 0 N–H and O–H groups in total. The molecule has 0 aliphatic heterocycles. The van der Waals surface area contributed by atoms with Crippen molar-refractivity contribution in [1.29, 1.82) is 0 Å². The van der Waals surface area contributed by atoms with E-state index in [2.05, 4.69) is 246 Å². The lowest BCUT2D eigenvalue weighted by Gasteiger charge is -2.24. The molecule has 0 amide bonds. The van der Waals surface area contributed by atoms with Gasteiger partial charge >= 0.3 is 0 Å². The Bertz CT molecular complexity index is 3800. The number of hydrogen-bond acceptors (Lipinski definition) is 0. The van der Waals surface area contributed by atoms with Crippen molar-refractivity contribution < 1.29 is 0 Å². The van der Waals surface area contributed by atoms with Crippen molar-refractivity contribution in [3.63, 3.8) is 0 Å². The molecule has 0 radical (unpaired) electrons. The fraction of sp³-hybridized carbons (Fsp3) is 0.0909. The molecule has 0 spiro atoms. The van der Waals surface area contributed by atoms with E-state index >= 15 is 0 Å². The first-order chi connectivity index (χ1) is 32.2. The van der Waals surface area contributed by atoms with Crippen LogP contribution in [0.5, 0.6) is 0 Å². The third-order valence-corrected chi connectivity index (χ3v) is 15.2. The lowest BCUT2D eigenvalue weighted by Crippen LogP contribution is -2.15. The maximum absolute atomic E-state index is 2.47. The lowest BCUT2D eigenvalue weighted by molar-refractivity contribution is 0.660. The first-order valence-corrected chi connectivity index (χ1v) is 23.4. The van der Waals surface area contributed by atoms with Crippen molar-refractivity contribution in [3.05, 3.63) is 241 Å². The summed E-state index contributed by atoms with van der Waals surface area (Å²) >= 11 is 0. The molecule has 0 fully saturated rings. The van der Waals surface area contributed by atoms with Crippen molar-refractivity contribution in [3.8, 4) is 77.9 Å². The fourth-order valence-electron chi connectivity index (χ4n) is 11.4. The molecule has 312 valence electrons. The normalized spacial score (nSPS) is 14.0. The van der Waals surface area contributed by atoms with E-state index in [1.165, 1.54) is 132 Å². The van der Waals surface area contributed by atoms with Gasteiger partial charge in [0.1, 0.15) is 0 Å². The topological polar surface area (TPSA) is 0 Å². The summed E-state index contributed by atoms with van der Waals surface area (Å²) < 4.78 is 0. The molecule has 0 atom stereocenters. The summed E-state index contributed by atoms with van der Waals surface area (Å²) in [7, 11) is 0. The molecule has 13 rings (SSSR count). The zero-order chi connectivity index (χ0) is 44.3. The molecule has 0 saturated heterocycles. The number of benzene rings is 11. The average Bonchev–Trinajstić information content (AvgIpc) is 3.73. The van der Waals surface area contributed by atoms with E-state index in [0.717, 1.165) is 0 Å². The van der Waals surface area contributed by atoms with Gasteiger partial charge in [-0.1, -0.05) is 198 Å². The molecule has 2 aliphatic rings. The second kappa shape index (κ2) is 14.4. The Balaban J connectivity index is 0.769. The highest BCUT2D eigenvalue weighted by atomic mass is 14.4. The zero-order valence-electron chi connectivity index (χ0n) is 37.8. The zero-order valence-corrected chi connectivity index (χ0v) is 37.8. The summed E-state index contributed by atoms with van der Waals surface area (Å²) in [5.41, 5.74) is 23.2. The molecule has 2 aliphatic carbocycles. The van der Waals surface area contributed by atoms with Crippen LogP contribution in [0.3, 0.4) is 0 Å². The molecular formula is C66H48. The van der Waals surface area contributed by atoms with Crippen LogP contribution in [-0.2, 0) is 10.8 Å². The van der Waals surface area contributed by atoms with Crippen LogP contribution >= 0.6 is 0 Å². The third kappa shape index (κ3) is 6.05. The van der Waals surface area contributed by atoms with E-state index in [1.807, 2.05) is 0 Å². The van der Waals surface area contributed by atoms with Gasteiger partial charge in [0.2, 0.25) is 0 Å². The summed E-state index contributed by atoms with van der Waals surface area (Å²) in [5, 5.41) is 7.60. The number of rotatable bonds is 5. The van der Waals surface area contributed by atoms with Gasteiger partial charge < -0.3 is 0 Å². The van der Waals surface area contributed by atoms with Crippen LogP contribution < -0.4 is 0 Å². The van der Waals surface area contributed by atoms with E-state index in [9.17, 15) is 0 Å². The molecule has 0 saturated carbocycles. The van der Waals surface area contributed by atoms with Crippen LogP contribution in [-0.4, -0.2) is 0 Å². The molecule has 11 aromatic rings. The van der Waals surface area contributed by atoms with Crippen molar-refractivity contribution in [2.45, 2.75) is 38.5 Å². The lowest BCUT2D eigenvalue weighted by atomic mass is 9.79. The Morgan fingerprint density at radius 1 is 0.197 bits per heavy atom. The van der Waals surface area contributed by atoms with Crippen LogP contribution in [0.25, 0.3) is 110 Å². The van der Waals surface area contributed by atoms with Crippen molar-refractivity contribution >= 4 is 32.3 Å². The molecule has 11 aromatic carbocycles. The molecule has 0 nitrogen and oxygen atoms in total. The largest absolute Gasteiger partial charge is 0.0616 e. The number of fused-ring (bicyclic) bond motifs is 9. The summed E-state index contributed by atoms with van der Waals surface area (Å²) in [6, 6.07) is 82.1. The predicted molar refractivity (Wildman–Crippen MR) is 281 cm³/mol. The van der Waals surface area contributed by atoms with Crippen LogP contribution in [0.15, 0.2) is 218 Å². The van der Waals surface area contributed by atoms with Crippen LogP contribution in [0.2, 0.25) is 0 Å². The van der Waals surface area contributed by atoms with E-state index in [4.69, 9.17) is 0 Å². The molecule has 0 bridgehead atoms. The first kappa shape index (κ1) is 38.6. The Kier molecular flexibility index (Phi) is 8.40. The Morgan fingerprint density at radius 3 is 0.742 bits per heavy atom. The highest BCUT2D eigenvalue weighted by Gasteiger charge is 2.38. The van der Waals surface area contributed by atoms with E-state index < -0.39 is 0 Å². The highest BCUT2D eigenvalue weighted by Crippen LogP contribution is 2.53. The summed E-state index contributed by atoms with van der Waals surface area (Å²) in [4.78, 5) is 0. The molecule has 0 heteroatoms. The van der Waals surface area contributed by atoms with Crippen LogP contribution in [0, 0.1) is 0 Å². The minimum Gasteiger partial charge on any atom is -0.0616 e. The maximum Gasteiger partial charge on any atom is 0.0159 e. The van der Waals surface area contributed by atoms with Gasteiger partial charge in [0.15, 0.2) is 0 Å². The van der Waals surface area contributed by atoms with Gasteiger partial charge in [0, 0.05) is 10.8 Å². The fourth-order valence-corrected chi connectivity index (χ4v) is 11.4. The second-order valence-electron chi connectivity index (χ2n) is 19.8. The summed E-state index contributed by atoms with van der Waals surface area (Å²) in [5.74, 6) is 0. The Hall–Kier alpha value is -7.80. The van der Waals surface area contributed by atoms with Crippen LogP contribution in [0.4, 0.5) is 0 Å². The predicted octanol–water partition coefficient (Wildman–Crippen LogP) is 18.1. The highest BCUT2D eigenvalue weighted by molar-refractivity contribution is 5.95. The summed E-state index contributed by atoms with van der Waals surface area (Å²) in [6.07, 6.45) is 0. The Morgan fingerprint density at radius 2 is 0.409 bits per heavy atom. The minimum absolute atomic E-state index is 0.132. The minimum atomic E-state index is -0.140. The van der Waals surface area contributed by atoms with Gasteiger partial charge in [-0.05, 0) is 181 Å². The quantitative estimate of drug-likeness (QED) is 0.162. The monoisotopic (exact) mass is 840 g/mol. The maximum atomic E-state index is 2.47.